The van der Waals surface area contributed by atoms with Gasteiger partial charge >= 0.3 is 6.09 Å². The fraction of sp³-hybridized carbons (Fsp3) is 0.667. The van der Waals surface area contributed by atoms with Gasteiger partial charge < -0.3 is 25.0 Å². The Morgan fingerprint density at radius 2 is 2.11 bits per heavy atom. The van der Waals surface area contributed by atoms with E-state index in [0.717, 1.165) is 12.8 Å². The number of ether oxygens (including phenoxy) is 2. The molecule has 2 heterocycles. The van der Waals surface area contributed by atoms with Crippen LogP contribution in [0, 0.1) is 0 Å². The molecule has 1 aliphatic heterocycles. The number of nitrogens with one attached hydrogen (secondary N) is 2. The first-order valence-electron chi connectivity index (χ1n) is 9.39. The zero-order valence-electron chi connectivity index (χ0n) is 16.3. The predicted molar refractivity (Wildman–Crippen MR) is 104 cm³/mol. The molecule has 1 atom stereocenters. The lowest BCUT2D eigenvalue weighted by atomic mass is 10.2. The zero-order chi connectivity index (χ0) is 20.3. The van der Waals surface area contributed by atoms with Crippen LogP contribution in [0.1, 0.15) is 44.1 Å². The van der Waals surface area contributed by atoms with Gasteiger partial charge in [0.15, 0.2) is 10.8 Å². The van der Waals surface area contributed by atoms with Crippen LogP contribution in [0.2, 0.25) is 5.15 Å². The fourth-order valence-electron chi connectivity index (χ4n) is 2.71. The van der Waals surface area contributed by atoms with Crippen molar-refractivity contribution in [3.63, 3.8) is 0 Å². The van der Waals surface area contributed by atoms with Crippen molar-refractivity contribution < 1.29 is 19.1 Å². The Balaban J connectivity index is 1.59. The number of morpholine rings is 1. The molecule has 2 aliphatic rings. The van der Waals surface area contributed by atoms with Gasteiger partial charge in [-0.25, -0.2) is 4.79 Å². The van der Waals surface area contributed by atoms with Gasteiger partial charge in [-0.3, -0.25) is 4.79 Å². The molecule has 10 heteroatoms. The van der Waals surface area contributed by atoms with E-state index in [9.17, 15) is 9.59 Å². The van der Waals surface area contributed by atoms with Crippen LogP contribution in [0.4, 0.5) is 10.5 Å². The highest BCUT2D eigenvalue weighted by molar-refractivity contribution is 6.29. The number of carbonyl (C=O) groups is 2. The number of hydrogen-bond acceptors (Lipinski definition) is 7. The lowest BCUT2D eigenvalue weighted by molar-refractivity contribution is -0.0371. The highest BCUT2D eigenvalue weighted by Crippen LogP contribution is 2.22. The van der Waals surface area contributed by atoms with E-state index in [2.05, 4.69) is 20.8 Å². The standard InChI is InChI=1S/C18H26ClN5O4/c1-18(2,3)28-17(26)24-6-7-27-12(10-24)9-20-13-8-14(19)22-23-15(13)16(25)21-11-4-5-11/h8,11-12H,4-7,9-10H2,1-3H3,(H,20,22)(H,21,25). The molecule has 1 aromatic rings. The normalized spacial score (nSPS) is 19.9. The lowest BCUT2D eigenvalue weighted by Gasteiger charge is -2.34. The molecule has 0 aromatic carbocycles. The first-order valence-corrected chi connectivity index (χ1v) is 9.76. The molecule has 2 N–H and O–H groups in total. The van der Waals surface area contributed by atoms with Crippen molar-refractivity contribution in [2.45, 2.75) is 51.4 Å². The number of anilines is 1. The third-order valence-electron chi connectivity index (χ3n) is 4.20. The van der Waals surface area contributed by atoms with Crippen LogP contribution in [0.5, 0.6) is 0 Å². The minimum absolute atomic E-state index is 0.186. The molecule has 0 bridgehead atoms. The molecule has 154 valence electrons. The number of aromatic nitrogens is 2. The largest absolute Gasteiger partial charge is 0.444 e. The van der Waals surface area contributed by atoms with E-state index in [4.69, 9.17) is 21.1 Å². The van der Waals surface area contributed by atoms with Crippen LogP contribution in [-0.4, -0.2) is 71.1 Å². The molecule has 1 aromatic heterocycles. The number of carbonyl (C=O) groups excluding carboxylic acids is 2. The molecule has 9 nitrogen and oxygen atoms in total. The molecule has 1 aliphatic carbocycles. The third-order valence-corrected chi connectivity index (χ3v) is 4.39. The molecule has 3 rings (SSSR count). The summed E-state index contributed by atoms with van der Waals surface area (Å²) in [6.07, 6.45) is 1.34. The van der Waals surface area contributed by atoms with Gasteiger partial charge in [0, 0.05) is 25.2 Å². The minimum atomic E-state index is -0.549. The minimum Gasteiger partial charge on any atom is -0.444 e. The maximum atomic E-state index is 12.4. The van der Waals surface area contributed by atoms with E-state index in [0.29, 0.717) is 31.9 Å². The highest BCUT2D eigenvalue weighted by atomic mass is 35.5. The summed E-state index contributed by atoms with van der Waals surface area (Å²) in [5, 5.41) is 13.9. The Morgan fingerprint density at radius 1 is 1.36 bits per heavy atom. The summed E-state index contributed by atoms with van der Waals surface area (Å²) in [4.78, 5) is 26.2. The third kappa shape index (κ3) is 5.93. The van der Waals surface area contributed by atoms with Crippen LogP contribution in [0.3, 0.4) is 0 Å². The van der Waals surface area contributed by atoms with Gasteiger partial charge in [-0.2, -0.15) is 0 Å². The van der Waals surface area contributed by atoms with Crippen LogP contribution < -0.4 is 10.6 Å². The second-order valence-electron chi connectivity index (χ2n) is 7.98. The zero-order valence-corrected chi connectivity index (χ0v) is 17.1. The van der Waals surface area contributed by atoms with Crippen LogP contribution >= 0.6 is 11.6 Å². The second kappa shape index (κ2) is 8.48. The van der Waals surface area contributed by atoms with E-state index in [-0.39, 0.29) is 35.0 Å². The van der Waals surface area contributed by atoms with Gasteiger partial charge in [-0.05, 0) is 33.6 Å². The molecule has 0 spiro atoms. The fourth-order valence-corrected chi connectivity index (χ4v) is 2.86. The SMILES string of the molecule is CC(C)(C)OC(=O)N1CCOC(CNc2cc(Cl)nnc2C(=O)NC2CC2)C1. The Hall–Kier alpha value is -2.13. The smallest absolute Gasteiger partial charge is 0.410 e. The molecular weight excluding hydrogens is 386 g/mol. The summed E-state index contributed by atoms with van der Waals surface area (Å²) in [5.74, 6) is -0.283. The molecule has 2 fully saturated rings. The summed E-state index contributed by atoms with van der Waals surface area (Å²) in [6.45, 7) is 7.15. The summed E-state index contributed by atoms with van der Waals surface area (Å²) in [6, 6.07) is 1.77. The molecule has 0 radical (unpaired) electrons. The van der Waals surface area contributed by atoms with Crippen molar-refractivity contribution in [3.8, 4) is 0 Å². The Kier molecular flexibility index (Phi) is 6.24. The molecule has 1 saturated carbocycles. The van der Waals surface area contributed by atoms with Gasteiger partial charge in [0.1, 0.15) is 5.60 Å². The van der Waals surface area contributed by atoms with Gasteiger partial charge in [0.05, 0.1) is 24.9 Å². The maximum absolute atomic E-state index is 12.4. The second-order valence-corrected chi connectivity index (χ2v) is 8.36. The quantitative estimate of drug-likeness (QED) is 0.763. The Labute approximate surface area is 169 Å². The molecule has 2 amide bonds. The lowest BCUT2D eigenvalue weighted by Crippen LogP contribution is -2.49. The van der Waals surface area contributed by atoms with Gasteiger partial charge in [-0.1, -0.05) is 11.6 Å². The van der Waals surface area contributed by atoms with Gasteiger partial charge in [0.25, 0.3) is 5.91 Å². The number of amides is 2. The molecule has 1 saturated heterocycles. The van der Waals surface area contributed by atoms with Gasteiger partial charge in [0.2, 0.25) is 0 Å². The first kappa shape index (κ1) is 20.6. The average Bonchev–Trinajstić information content (AvgIpc) is 3.42. The van der Waals surface area contributed by atoms with Crippen molar-refractivity contribution in [2.24, 2.45) is 0 Å². The monoisotopic (exact) mass is 411 g/mol. The van der Waals surface area contributed by atoms with Crippen molar-refractivity contribution in [3.05, 3.63) is 16.9 Å². The van der Waals surface area contributed by atoms with Crippen LogP contribution in [0.15, 0.2) is 6.07 Å². The average molecular weight is 412 g/mol. The van der Waals surface area contributed by atoms with E-state index >= 15 is 0 Å². The number of nitrogens with zero attached hydrogens (tertiary/aromatic N) is 3. The van der Waals surface area contributed by atoms with Crippen LogP contribution in [-0.2, 0) is 9.47 Å². The number of hydrogen-bond donors (Lipinski definition) is 2. The predicted octanol–water partition coefficient (Wildman–Crippen LogP) is 2.07. The number of halogens is 1. The van der Waals surface area contributed by atoms with E-state index in [1.165, 1.54) is 0 Å². The summed E-state index contributed by atoms with van der Waals surface area (Å²) in [7, 11) is 0. The topological polar surface area (TPSA) is 106 Å². The maximum Gasteiger partial charge on any atom is 0.410 e. The van der Waals surface area contributed by atoms with E-state index < -0.39 is 5.60 Å². The van der Waals surface area contributed by atoms with Crippen molar-refractivity contribution in [1.82, 2.24) is 20.4 Å². The van der Waals surface area contributed by atoms with Crippen molar-refractivity contribution >= 4 is 29.3 Å². The molecule has 28 heavy (non-hydrogen) atoms. The highest BCUT2D eigenvalue weighted by Gasteiger charge is 2.29. The molecular formula is C18H26ClN5O4. The Bertz CT molecular complexity index is 735. The van der Waals surface area contributed by atoms with E-state index in [1.54, 1.807) is 11.0 Å². The van der Waals surface area contributed by atoms with Crippen molar-refractivity contribution in [2.75, 3.05) is 31.6 Å². The number of rotatable bonds is 5. The summed E-state index contributed by atoms with van der Waals surface area (Å²) >= 11 is 5.94. The van der Waals surface area contributed by atoms with Crippen molar-refractivity contribution in [1.29, 1.82) is 0 Å². The molecule has 1 unspecified atom stereocenters. The summed E-state index contributed by atoms with van der Waals surface area (Å²) < 4.78 is 11.2. The summed E-state index contributed by atoms with van der Waals surface area (Å²) in [5.41, 5.74) is 0.124. The first-order chi connectivity index (χ1) is 13.2. The van der Waals surface area contributed by atoms with Crippen LogP contribution in [0.25, 0.3) is 0 Å². The Morgan fingerprint density at radius 3 is 2.79 bits per heavy atom. The van der Waals surface area contributed by atoms with Gasteiger partial charge in [-0.15, -0.1) is 10.2 Å². The van der Waals surface area contributed by atoms with E-state index in [1.807, 2.05) is 20.8 Å².